The second kappa shape index (κ2) is 10.6. The van der Waals surface area contributed by atoms with Gasteiger partial charge in [-0.05, 0) is 48.3 Å². The van der Waals surface area contributed by atoms with Crippen LogP contribution in [0.4, 0.5) is 8.78 Å². The van der Waals surface area contributed by atoms with Crippen molar-refractivity contribution in [2.45, 2.75) is 60.3 Å². The Balaban J connectivity index is 1.90. The molecule has 2 aromatic rings. The second-order valence-corrected chi connectivity index (χ2v) is 10.1. The van der Waals surface area contributed by atoms with Crippen molar-refractivity contribution in [1.82, 2.24) is 0 Å². The van der Waals surface area contributed by atoms with Crippen molar-refractivity contribution in [3.63, 3.8) is 0 Å². The Hall–Kier alpha value is -1.87. The standard InChI is InChI=1S/C25H35F2O3P/c1-15(2)14-19(25(4,5)6)17-8-10-18(11-9-17)29-12-7-13-30-23-20(26)16(3)22(28)24(31)21(23)27/h8-11,15,19,28H,7,12-14,31H2,1-6H3. The first-order valence-corrected chi connectivity index (χ1v) is 11.3. The highest BCUT2D eigenvalue weighted by molar-refractivity contribution is 7.27. The molecular formula is C25H35F2O3P. The van der Waals surface area contributed by atoms with Crippen molar-refractivity contribution in [3.8, 4) is 17.2 Å². The van der Waals surface area contributed by atoms with E-state index in [9.17, 15) is 13.9 Å². The van der Waals surface area contributed by atoms with Crippen molar-refractivity contribution in [3.05, 3.63) is 47.0 Å². The minimum absolute atomic E-state index is 0.0382. The lowest BCUT2D eigenvalue weighted by atomic mass is 9.72. The smallest absolute Gasteiger partial charge is 0.191 e. The Morgan fingerprint density at radius 1 is 1.00 bits per heavy atom. The molecule has 0 amide bonds. The summed E-state index contributed by atoms with van der Waals surface area (Å²) in [5.41, 5.74) is 1.44. The number of halogens is 2. The largest absolute Gasteiger partial charge is 0.507 e. The van der Waals surface area contributed by atoms with Crippen LogP contribution in [0.3, 0.4) is 0 Å². The third-order valence-electron chi connectivity index (χ3n) is 5.41. The summed E-state index contributed by atoms with van der Waals surface area (Å²) in [5.74, 6) is -0.829. The molecule has 0 saturated heterocycles. The maximum absolute atomic E-state index is 14.2. The highest BCUT2D eigenvalue weighted by Crippen LogP contribution is 2.40. The topological polar surface area (TPSA) is 38.7 Å². The van der Waals surface area contributed by atoms with Crippen LogP contribution in [-0.2, 0) is 0 Å². The molecule has 0 saturated carbocycles. The van der Waals surface area contributed by atoms with Crippen molar-refractivity contribution >= 4 is 14.5 Å². The van der Waals surface area contributed by atoms with Gasteiger partial charge in [-0.2, -0.15) is 0 Å². The molecule has 0 radical (unpaired) electrons. The molecule has 0 aromatic heterocycles. The number of phenolic OH excluding ortho intramolecular Hbond substituents is 1. The highest BCUT2D eigenvalue weighted by atomic mass is 31.0. The van der Waals surface area contributed by atoms with Crippen LogP contribution in [0.5, 0.6) is 17.2 Å². The highest BCUT2D eigenvalue weighted by Gasteiger charge is 2.27. The van der Waals surface area contributed by atoms with Crippen LogP contribution in [0.25, 0.3) is 0 Å². The van der Waals surface area contributed by atoms with Gasteiger partial charge in [-0.15, -0.1) is 0 Å². The zero-order valence-electron chi connectivity index (χ0n) is 19.4. The van der Waals surface area contributed by atoms with E-state index in [4.69, 9.17) is 9.47 Å². The molecule has 3 nitrogen and oxygen atoms in total. The molecule has 0 bridgehead atoms. The SMILES string of the molecule is Cc1c(O)c(P)c(F)c(OCCCOc2ccc(C(CC(C)C)C(C)(C)C)cc2)c1F. The summed E-state index contributed by atoms with van der Waals surface area (Å²) in [4.78, 5) is 0. The summed E-state index contributed by atoms with van der Waals surface area (Å²) >= 11 is 0. The van der Waals surface area contributed by atoms with E-state index in [1.54, 1.807) is 0 Å². The Morgan fingerprint density at radius 3 is 2.13 bits per heavy atom. The Kier molecular flexibility index (Phi) is 8.71. The predicted octanol–water partition coefficient (Wildman–Crippen LogP) is 6.50. The first-order chi connectivity index (χ1) is 14.4. The summed E-state index contributed by atoms with van der Waals surface area (Å²) in [6.07, 6.45) is 1.59. The first kappa shape index (κ1) is 25.4. The summed E-state index contributed by atoms with van der Waals surface area (Å²) < 4.78 is 39.4. The quantitative estimate of drug-likeness (QED) is 0.349. The van der Waals surface area contributed by atoms with Crippen molar-refractivity contribution in [1.29, 1.82) is 0 Å². The third kappa shape index (κ3) is 6.55. The Bertz CT molecular complexity index is 845. The molecular weight excluding hydrogens is 417 g/mol. The lowest BCUT2D eigenvalue weighted by molar-refractivity contribution is 0.233. The van der Waals surface area contributed by atoms with Crippen molar-refractivity contribution < 1.29 is 23.4 Å². The van der Waals surface area contributed by atoms with Gasteiger partial charge in [-0.3, -0.25) is 0 Å². The average molecular weight is 453 g/mol. The average Bonchev–Trinajstić information content (AvgIpc) is 2.70. The lowest BCUT2D eigenvalue weighted by Gasteiger charge is -2.32. The fourth-order valence-electron chi connectivity index (χ4n) is 3.61. The molecule has 0 fully saturated rings. The van der Waals surface area contributed by atoms with Gasteiger partial charge >= 0.3 is 0 Å². The van der Waals surface area contributed by atoms with Gasteiger partial charge in [0.05, 0.1) is 18.5 Å². The molecule has 0 aliphatic heterocycles. The molecule has 2 aromatic carbocycles. The maximum Gasteiger partial charge on any atom is 0.191 e. The number of rotatable bonds is 9. The Labute approximate surface area is 187 Å². The van der Waals surface area contributed by atoms with Gasteiger partial charge in [0, 0.05) is 12.0 Å². The number of hydrogen-bond acceptors (Lipinski definition) is 3. The molecule has 2 unspecified atom stereocenters. The third-order valence-corrected chi connectivity index (χ3v) is 5.94. The van der Waals surface area contributed by atoms with Crippen molar-refractivity contribution in [2.24, 2.45) is 11.3 Å². The maximum atomic E-state index is 14.2. The monoisotopic (exact) mass is 452 g/mol. The number of aromatic hydroxyl groups is 1. The number of hydrogen-bond donors (Lipinski definition) is 1. The van der Waals surface area contributed by atoms with E-state index in [2.05, 4.69) is 56.0 Å². The minimum atomic E-state index is -0.906. The zero-order valence-corrected chi connectivity index (χ0v) is 20.5. The summed E-state index contributed by atoms with van der Waals surface area (Å²) in [5, 5.41) is 9.59. The molecule has 0 heterocycles. The molecule has 0 aliphatic rings. The van der Waals surface area contributed by atoms with Crippen LogP contribution >= 0.6 is 9.24 Å². The fraction of sp³-hybridized carbons (Fsp3) is 0.520. The fourth-order valence-corrected chi connectivity index (χ4v) is 3.95. The number of phenols is 1. The van der Waals surface area contributed by atoms with E-state index < -0.39 is 23.1 Å². The molecule has 2 atom stereocenters. The normalized spacial score (nSPS) is 12.8. The first-order valence-electron chi connectivity index (χ1n) is 10.7. The zero-order chi connectivity index (χ0) is 23.3. The van der Waals surface area contributed by atoms with Crippen LogP contribution in [-0.4, -0.2) is 18.3 Å². The summed E-state index contributed by atoms with van der Waals surface area (Å²) in [6, 6.07) is 8.18. The van der Waals surface area contributed by atoms with Crippen LogP contribution < -0.4 is 14.8 Å². The van der Waals surface area contributed by atoms with Gasteiger partial charge < -0.3 is 14.6 Å². The van der Waals surface area contributed by atoms with E-state index in [0.717, 1.165) is 12.2 Å². The Morgan fingerprint density at radius 2 is 1.58 bits per heavy atom. The van der Waals surface area contributed by atoms with Gasteiger partial charge in [-0.25, -0.2) is 8.78 Å². The number of benzene rings is 2. The van der Waals surface area contributed by atoms with Gasteiger partial charge in [0.2, 0.25) is 0 Å². The molecule has 31 heavy (non-hydrogen) atoms. The van der Waals surface area contributed by atoms with Gasteiger partial charge in [-0.1, -0.05) is 56.0 Å². The van der Waals surface area contributed by atoms with Crippen molar-refractivity contribution in [2.75, 3.05) is 13.2 Å². The van der Waals surface area contributed by atoms with Crippen LogP contribution in [0.2, 0.25) is 0 Å². The predicted molar refractivity (Wildman–Crippen MR) is 126 cm³/mol. The van der Waals surface area contributed by atoms with E-state index in [1.807, 2.05) is 12.1 Å². The van der Waals surface area contributed by atoms with Gasteiger partial charge in [0.25, 0.3) is 0 Å². The van der Waals surface area contributed by atoms with Crippen LogP contribution in [0, 0.1) is 29.9 Å². The second-order valence-electron chi connectivity index (χ2n) is 9.51. The molecule has 2 rings (SSSR count). The lowest BCUT2D eigenvalue weighted by Crippen LogP contribution is -2.20. The summed E-state index contributed by atoms with van der Waals surface area (Å²) in [6.45, 7) is 13.1. The van der Waals surface area contributed by atoms with Crippen LogP contribution in [0.1, 0.15) is 64.5 Å². The molecule has 6 heteroatoms. The molecule has 0 spiro atoms. The number of ether oxygens (including phenoxy) is 2. The minimum Gasteiger partial charge on any atom is -0.507 e. The van der Waals surface area contributed by atoms with E-state index >= 15 is 0 Å². The van der Waals surface area contributed by atoms with Gasteiger partial charge in [0.15, 0.2) is 17.4 Å². The molecule has 0 aliphatic carbocycles. The van der Waals surface area contributed by atoms with E-state index in [0.29, 0.717) is 24.9 Å². The summed E-state index contributed by atoms with van der Waals surface area (Å²) in [7, 11) is 2.07. The van der Waals surface area contributed by atoms with Gasteiger partial charge in [0.1, 0.15) is 11.5 Å². The molecule has 1 N–H and O–H groups in total. The van der Waals surface area contributed by atoms with E-state index in [-0.39, 0.29) is 22.9 Å². The van der Waals surface area contributed by atoms with E-state index in [1.165, 1.54) is 12.5 Å². The molecule has 172 valence electrons. The van der Waals surface area contributed by atoms with Crippen LogP contribution in [0.15, 0.2) is 24.3 Å².